The Balaban J connectivity index is 2.44. The van der Waals surface area contributed by atoms with Gasteiger partial charge >= 0.3 is 5.97 Å². The second-order valence-electron chi connectivity index (χ2n) is 6.01. The first-order chi connectivity index (χ1) is 10.6. The predicted molar refractivity (Wildman–Crippen MR) is 81.6 cm³/mol. The van der Waals surface area contributed by atoms with E-state index >= 15 is 0 Å². The quantitative estimate of drug-likeness (QED) is 0.658. The molecule has 0 aromatic heterocycles. The number of aryl methyl sites for hydroxylation is 1. The molecule has 1 saturated heterocycles. The van der Waals surface area contributed by atoms with Gasteiger partial charge in [-0.05, 0) is 32.3 Å². The van der Waals surface area contributed by atoms with Crippen LogP contribution >= 0.6 is 0 Å². The van der Waals surface area contributed by atoms with Crippen molar-refractivity contribution in [3.63, 3.8) is 0 Å². The maximum Gasteiger partial charge on any atom is 0.310 e. The highest BCUT2D eigenvalue weighted by molar-refractivity contribution is 7.89. The molecule has 1 aliphatic heterocycles. The van der Waals surface area contributed by atoms with Crippen LogP contribution in [0.3, 0.4) is 0 Å². The summed E-state index contributed by atoms with van der Waals surface area (Å²) in [5, 5.41) is 20.2. The Kier molecular flexibility index (Phi) is 4.45. The number of sulfonamides is 1. The predicted octanol–water partition coefficient (Wildman–Crippen LogP) is 1.78. The molecule has 23 heavy (non-hydrogen) atoms. The molecule has 1 fully saturated rings. The van der Waals surface area contributed by atoms with E-state index in [1.165, 1.54) is 19.1 Å². The third-order valence-electron chi connectivity index (χ3n) is 4.18. The molecule has 0 amide bonds. The number of non-ortho nitro benzene ring substituents is 1. The monoisotopic (exact) mass is 342 g/mol. The Bertz CT molecular complexity index is 761. The summed E-state index contributed by atoms with van der Waals surface area (Å²) in [7, 11) is -3.99. The lowest BCUT2D eigenvalue weighted by Gasteiger charge is -2.36. The van der Waals surface area contributed by atoms with E-state index in [1.807, 2.05) is 0 Å². The van der Waals surface area contributed by atoms with Crippen LogP contribution in [0.15, 0.2) is 23.1 Å². The Hall–Kier alpha value is -2.00. The van der Waals surface area contributed by atoms with Crippen LogP contribution in [0.25, 0.3) is 0 Å². The SMILES string of the molecule is Cc1ccc([N+](=O)[O-])cc1S(=O)(=O)N1CCC[C@](C)(C(=O)O)C1. The fourth-order valence-corrected chi connectivity index (χ4v) is 4.54. The number of hydrogen-bond acceptors (Lipinski definition) is 5. The zero-order valence-electron chi connectivity index (χ0n) is 12.9. The number of piperidine rings is 1. The first-order valence-corrected chi connectivity index (χ1v) is 8.50. The van der Waals surface area contributed by atoms with Crippen molar-refractivity contribution in [2.24, 2.45) is 5.41 Å². The van der Waals surface area contributed by atoms with Crippen LogP contribution in [0.2, 0.25) is 0 Å². The van der Waals surface area contributed by atoms with Crippen LogP contribution < -0.4 is 0 Å². The zero-order chi connectivity index (χ0) is 17.4. The summed E-state index contributed by atoms with van der Waals surface area (Å²) in [6.07, 6.45) is 0.818. The van der Waals surface area contributed by atoms with Crippen molar-refractivity contribution < 1.29 is 23.2 Å². The van der Waals surface area contributed by atoms with E-state index in [0.29, 0.717) is 18.4 Å². The average molecular weight is 342 g/mol. The minimum Gasteiger partial charge on any atom is -0.481 e. The molecule has 1 aliphatic rings. The third-order valence-corrected chi connectivity index (χ3v) is 6.17. The first kappa shape index (κ1) is 17.4. The summed E-state index contributed by atoms with van der Waals surface area (Å²) in [6.45, 7) is 3.12. The van der Waals surface area contributed by atoms with Gasteiger partial charge in [0.25, 0.3) is 5.69 Å². The van der Waals surface area contributed by atoms with Gasteiger partial charge in [-0.1, -0.05) is 6.07 Å². The number of nitro groups is 1. The lowest BCUT2D eigenvalue weighted by atomic mass is 9.83. The van der Waals surface area contributed by atoms with Crippen molar-refractivity contribution in [2.75, 3.05) is 13.1 Å². The summed E-state index contributed by atoms with van der Waals surface area (Å²) in [4.78, 5) is 21.5. The van der Waals surface area contributed by atoms with Gasteiger partial charge in [-0.3, -0.25) is 14.9 Å². The minimum absolute atomic E-state index is 0.146. The van der Waals surface area contributed by atoms with E-state index in [9.17, 15) is 28.4 Å². The number of carboxylic acids is 1. The summed E-state index contributed by atoms with van der Waals surface area (Å²) < 4.78 is 26.7. The highest BCUT2D eigenvalue weighted by Crippen LogP contribution is 2.34. The van der Waals surface area contributed by atoms with Gasteiger partial charge in [-0.15, -0.1) is 0 Å². The van der Waals surface area contributed by atoms with E-state index in [4.69, 9.17) is 0 Å². The van der Waals surface area contributed by atoms with Gasteiger partial charge in [-0.25, -0.2) is 8.42 Å². The molecule has 0 radical (unpaired) electrons. The molecule has 126 valence electrons. The van der Waals surface area contributed by atoms with Gasteiger partial charge in [-0.2, -0.15) is 4.31 Å². The molecule has 0 aliphatic carbocycles. The van der Waals surface area contributed by atoms with E-state index in [0.717, 1.165) is 10.4 Å². The standard InChI is InChI=1S/C14H18N2O6S/c1-10-4-5-11(16(19)20)8-12(10)23(21,22)15-7-3-6-14(2,9-15)13(17)18/h4-5,8H,3,6-7,9H2,1-2H3,(H,17,18)/t14-/m0/s1. The van der Waals surface area contributed by atoms with E-state index in [-0.39, 0.29) is 23.7 Å². The molecule has 1 atom stereocenters. The number of nitrogens with zero attached hydrogens (tertiary/aromatic N) is 2. The zero-order valence-corrected chi connectivity index (χ0v) is 13.7. The number of carboxylic acid groups (broad SMARTS) is 1. The van der Waals surface area contributed by atoms with Crippen molar-refractivity contribution in [3.05, 3.63) is 33.9 Å². The van der Waals surface area contributed by atoms with Gasteiger partial charge in [0.2, 0.25) is 10.0 Å². The topological polar surface area (TPSA) is 118 Å². The molecule has 1 aromatic carbocycles. The third kappa shape index (κ3) is 3.20. The summed E-state index contributed by atoms with van der Waals surface area (Å²) >= 11 is 0. The lowest BCUT2D eigenvalue weighted by molar-refractivity contribution is -0.385. The van der Waals surface area contributed by atoms with Crippen molar-refractivity contribution in [2.45, 2.75) is 31.6 Å². The molecule has 0 unspecified atom stereocenters. The molecule has 1 aromatic rings. The highest BCUT2D eigenvalue weighted by atomic mass is 32.2. The number of benzene rings is 1. The number of rotatable bonds is 4. The van der Waals surface area contributed by atoms with Crippen molar-refractivity contribution in [3.8, 4) is 0 Å². The van der Waals surface area contributed by atoms with Crippen LogP contribution in [0.4, 0.5) is 5.69 Å². The van der Waals surface area contributed by atoms with Crippen LogP contribution in [0, 0.1) is 22.5 Å². The Morgan fingerprint density at radius 2 is 2.09 bits per heavy atom. The van der Waals surface area contributed by atoms with Crippen molar-refractivity contribution in [1.29, 1.82) is 0 Å². The normalized spacial score (nSPS) is 22.7. The molecule has 1 heterocycles. The fraction of sp³-hybridized carbons (Fsp3) is 0.500. The van der Waals surface area contributed by atoms with Gasteiger partial charge in [0.15, 0.2) is 0 Å². The second kappa shape index (κ2) is 5.89. The number of nitro benzene ring substituents is 1. The van der Waals surface area contributed by atoms with Crippen LogP contribution in [-0.4, -0.2) is 41.8 Å². The van der Waals surface area contributed by atoms with E-state index in [2.05, 4.69) is 0 Å². The van der Waals surface area contributed by atoms with Gasteiger partial charge < -0.3 is 5.11 Å². The maximum absolute atomic E-state index is 12.8. The summed E-state index contributed by atoms with van der Waals surface area (Å²) in [5.41, 5.74) is -1.08. The lowest BCUT2D eigenvalue weighted by Crippen LogP contribution is -2.48. The molecule has 0 spiro atoms. The van der Waals surface area contributed by atoms with Crippen LogP contribution in [0.5, 0.6) is 0 Å². The molecular formula is C14H18N2O6S. The second-order valence-corrected chi connectivity index (χ2v) is 7.92. The minimum atomic E-state index is -3.99. The number of carbonyl (C=O) groups is 1. The van der Waals surface area contributed by atoms with Crippen LogP contribution in [-0.2, 0) is 14.8 Å². The largest absolute Gasteiger partial charge is 0.481 e. The van der Waals surface area contributed by atoms with Gasteiger partial charge in [0.1, 0.15) is 0 Å². The Morgan fingerprint density at radius 1 is 1.43 bits per heavy atom. The smallest absolute Gasteiger partial charge is 0.310 e. The van der Waals surface area contributed by atoms with Crippen molar-refractivity contribution >= 4 is 21.7 Å². The molecule has 1 N–H and O–H groups in total. The molecule has 0 bridgehead atoms. The van der Waals surface area contributed by atoms with Crippen LogP contribution in [0.1, 0.15) is 25.3 Å². The van der Waals surface area contributed by atoms with E-state index < -0.39 is 26.3 Å². The molecule has 8 nitrogen and oxygen atoms in total. The van der Waals surface area contributed by atoms with E-state index in [1.54, 1.807) is 6.92 Å². The first-order valence-electron chi connectivity index (χ1n) is 7.06. The summed E-state index contributed by atoms with van der Waals surface area (Å²) in [5.74, 6) is -1.05. The summed E-state index contributed by atoms with van der Waals surface area (Å²) in [6, 6.07) is 3.65. The number of hydrogen-bond donors (Lipinski definition) is 1. The van der Waals surface area contributed by atoms with Crippen molar-refractivity contribution in [1.82, 2.24) is 4.31 Å². The fourth-order valence-electron chi connectivity index (χ4n) is 2.69. The molecule has 9 heteroatoms. The Labute approximate surface area is 133 Å². The molecule has 0 saturated carbocycles. The number of aliphatic carboxylic acids is 1. The Morgan fingerprint density at radius 3 is 2.65 bits per heavy atom. The van der Waals surface area contributed by atoms with Gasteiger partial charge in [0, 0.05) is 25.2 Å². The van der Waals surface area contributed by atoms with Gasteiger partial charge in [0.05, 0.1) is 15.2 Å². The average Bonchev–Trinajstić information content (AvgIpc) is 2.47. The highest BCUT2D eigenvalue weighted by Gasteiger charge is 2.42. The molecule has 2 rings (SSSR count). The maximum atomic E-state index is 12.8. The molecular weight excluding hydrogens is 324 g/mol.